The number of methoxy groups -OCH3 is 1. The summed E-state index contributed by atoms with van der Waals surface area (Å²) < 4.78 is 5.31. The molecule has 1 aromatic rings. The third kappa shape index (κ3) is 6.83. The third-order valence-electron chi connectivity index (χ3n) is 6.28. The largest absolute Gasteiger partial charge is 0.385 e. The Balaban J connectivity index is 0.00000320. The smallest absolute Gasteiger partial charge is 0.222 e. The lowest BCUT2D eigenvalue weighted by Gasteiger charge is -2.42. The van der Waals surface area contributed by atoms with Gasteiger partial charge in [-0.3, -0.25) is 4.79 Å². The first-order valence-electron chi connectivity index (χ1n) is 11.0. The van der Waals surface area contributed by atoms with Crippen molar-refractivity contribution >= 4 is 35.8 Å². The number of ether oxygens (including phenoxy) is 1. The average molecular weight is 528 g/mol. The van der Waals surface area contributed by atoms with Gasteiger partial charge in [-0.1, -0.05) is 30.7 Å². The lowest BCUT2D eigenvalue weighted by Crippen LogP contribution is -2.47. The normalized spacial score (nSPS) is 18.0. The molecule has 6 nitrogen and oxygen atoms in total. The Labute approximate surface area is 198 Å². The molecule has 0 unspecified atom stereocenters. The van der Waals surface area contributed by atoms with Gasteiger partial charge < -0.3 is 20.3 Å². The zero-order valence-electron chi connectivity index (χ0n) is 18.4. The summed E-state index contributed by atoms with van der Waals surface area (Å²) in [6.07, 6.45) is 6.58. The molecule has 1 aliphatic carbocycles. The first-order chi connectivity index (χ1) is 14.2. The third-order valence-corrected chi connectivity index (χ3v) is 6.28. The summed E-state index contributed by atoms with van der Waals surface area (Å²) in [5.41, 5.74) is 2.72. The summed E-state index contributed by atoms with van der Waals surface area (Å²) in [5.74, 6) is 1.13. The molecule has 1 saturated carbocycles. The highest BCUT2D eigenvalue weighted by Gasteiger charge is 2.36. The van der Waals surface area contributed by atoms with Crippen LogP contribution in [0.15, 0.2) is 29.3 Å². The van der Waals surface area contributed by atoms with Crippen molar-refractivity contribution in [3.8, 4) is 0 Å². The maximum Gasteiger partial charge on any atom is 0.222 e. The molecule has 30 heavy (non-hydrogen) atoms. The lowest BCUT2D eigenvalue weighted by atomic mass is 9.67. The summed E-state index contributed by atoms with van der Waals surface area (Å²) in [6, 6.07) is 8.33. The van der Waals surface area contributed by atoms with Crippen LogP contribution >= 0.6 is 24.0 Å². The van der Waals surface area contributed by atoms with E-state index in [0.29, 0.717) is 24.9 Å². The molecule has 0 radical (unpaired) electrons. The predicted molar refractivity (Wildman–Crippen MR) is 132 cm³/mol. The molecule has 2 aliphatic rings. The van der Waals surface area contributed by atoms with Crippen LogP contribution in [0.3, 0.4) is 0 Å². The van der Waals surface area contributed by atoms with Gasteiger partial charge in [-0.2, -0.15) is 0 Å². The molecule has 7 heteroatoms. The van der Waals surface area contributed by atoms with Crippen molar-refractivity contribution in [1.82, 2.24) is 15.5 Å². The van der Waals surface area contributed by atoms with Crippen molar-refractivity contribution in [1.29, 1.82) is 0 Å². The van der Waals surface area contributed by atoms with Crippen molar-refractivity contribution < 1.29 is 9.53 Å². The number of hydrogen-bond donors (Lipinski definition) is 2. The second-order valence-corrected chi connectivity index (χ2v) is 8.33. The van der Waals surface area contributed by atoms with Crippen LogP contribution in [0.1, 0.15) is 56.6 Å². The molecule has 0 atom stereocenters. The molecule has 168 valence electrons. The second-order valence-electron chi connectivity index (χ2n) is 8.33. The van der Waals surface area contributed by atoms with Gasteiger partial charge >= 0.3 is 0 Å². The highest BCUT2D eigenvalue weighted by Crippen LogP contribution is 2.43. The molecule has 2 N–H and O–H groups in total. The maximum absolute atomic E-state index is 12.0. The summed E-state index contributed by atoms with van der Waals surface area (Å²) in [4.78, 5) is 18.8. The van der Waals surface area contributed by atoms with E-state index in [2.05, 4.69) is 35.8 Å². The van der Waals surface area contributed by atoms with Crippen molar-refractivity contribution in [3.63, 3.8) is 0 Å². The standard InChI is InChI=1S/C23H36N4O2.HI/c1-3-24-22(26-18-23(11-7-12-23)13-15-29-2)25-16-19-8-4-5-9-20(19)17-27-14-6-10-21(27)28;/h4-5,8-9H,3,6-7,10-18H2,1-2H3,(H2,24,25,26);1H. The number of nitrogens with zero attached hydrogens (tertiary/aromatic N) is 2. The Morgan fingerprint density at radius 2 is 1.97 bits per heavy atom. The van der Waals surface area contributed by atoms with Gasteiger partial charge in [-0.25, -0.2) is 4.99 Å². The molecule has 1 aromatic carbocycles. The van der Waals surface area contributed by atoms with E-state index in [1.54, 1.807) is 7.11 Å². The first-order valence-corrected chi connectivity index (χ1v) is 11.0. The van der Waals surface area contributed by atoms with Gasteiger partial charge in [-0.15, -0.1) is 24.0 Å². The van der Waals surface area contributed by atoms with Crippen molar-refractivity contribution in [2.45, 2.75) is 58.5 Å². The molecule has 1 saturated heterocycles. The van der Waals surface area contributed by atoms with Gasteiger partial charge in [0.25, 0.3) is 0 Å². The number of rotatable bonds is 10. The minimum absolute atomic E-state index is 0. The summed E-state index contributed by atoms with van der Waals surface area (Å²) >= 11 is 0. The highest BCUT2D eigenvalue weighted by atomic mass is 127. The van der Waals surface area contributed by atoms with E-state index in [-0.39, 0.29) is 29.9 Å². The van der Waals surface area contributed by atoms with Crippen LogP contribution in [0.5, 0.6) is 0 Å². The monoisotopic (exact) mass is 528 g/mol. The predicted octanol–water partition coefficient (Wildman–Crippen LogP) is 3.69. The van der Waals surface area contributed by atoms with Crippen LogP contribution in [-0.4, -0.2) is 50.1 Å². The SMILES string of the molecule is CCNC(=NCc1ccccc1CN1CCCC1=O)NCC1(CCOC)CCC1.I. The Morgan fingerprint density at radius 1 is 1.20 bits per heavy atom. The van der Waals surface area contributed by atoms with Gasteiger partial charge in [-0.05, 0) is 49.1 Å². The Morgan fingerprint density at radius 3 is 2.57 bits per heavy atom. The van der Waals surface area contributed by atoms with E-state index in [9.17, 15) is 4.79 Å². The Bertz CT molecular complexity index is 706. The zero-order valence-corrected chi connectivity index (χ0v) is 20.7. The second kappa shape index (κ2) is 12.5. The number of nitrogens with one attached hydrogen (secondary N) is 2. The van der Waals surface area contributed by atoms with E-state index in [4.69, 9.17) is 9.73 Å². The number of aliphatic imine (C=N–C) groups is 1. The number of amides is 1. The Hall–Kier alpha value is -1.35. The quantitative estimate of drug-likeness (QED) is 0.276. The van der Waals surface area contributed by atoms with Crippen LogP contribution in [0.25, 0.3) is 0 Å². The van der Waals surface area contributed by atoms with Gasteiger partial charge in [0.15, 0.2) is 5.96 Å². The highest BCUT2D eigenvalue weighted by molar-refractivity contribution is 14.0. The summed E-state index contributed by atoms with van der Waals surface area (Å²) in [5, 5.41) is 6.93. The Kier molecular flexibility index (Phi) is 10.4. The minimum atomic E-state index is 0. The fraction of sp³-hybridized carbons (Fsp3) is 0.652. The van der Waals surface area contributed by atoms with Gasteiger partial charge in [0, 0.05) is 46.3 Å². The van der Waals surface area contributed by atoms with Gasteiger partial charge in [0.05, 0.1) is 6.54 Å². The topological polar surface area (TPSA) is 66.0 Å². The van der Waals surface area contributed by atoms with Crippen molar-refractivity contribution in [2.75, 3.05) is 33.4 Å². The zero-order chi connectivity index (χ0) is 20.5. The van der Waals surface area contributed by atoms with Crippen molar-refractivity contribution in [3.05, 3.63) is 35.4 Å². The van der Waals surface area contributed by atoms with E-state index in [0.717, 1.165) is 45.0 Å². The molecule has 1 heterocycles. The lowest BCUT2D eigenvalue weighted by molar-refractivity contribution is -0.128. The molecule has 1 aliphatic heterocycles. The molecular formula is C23H37IN4O2. The fourth-order valence-corrected chi connectivity index (χ4v) is 4.23. The molecule has 1 amide bonds. The van der Waals surface area contributed by atoms with Crippen LogP contribution < -0.4 is 10.6 Å². The van der Waals surface area contributed by atoms with E-state index in [1.807, 2.05) is 11.0 Å². The molecule has 0 bridgehead atoms. The number of guanidine groups is 1. The number of hydrogen-bond acceptors (Lipinski definition) is 3. The van der Waals surface area contributed by atoms with Gasteiger partial charge in [0.2, 0.25) is 5.91 Å². The first kappa shape index (κ1) is 24.9. The number of carbonyl (C=O) groups is 1. The van der Waals surface area contributed by atoms with Crippen molar-refractivity contribution in [2.24, 2.45) is 10.4 Å². The number of benzene rings is 1. The minimum Gasteiger partial charge on any atom is -0.385 e. The van der Waals surface area contributed by atoms with E-state index < -0.39 is 0 Å². The van der Waals surface area contributed by atoms with E-state index in [1.165, 1.54) is 30.4 Å². The molecular weight excluding hydrogens is 491 g/mol. The molecule has 0 spiro atoms. The number of halogens is 1. The number of carbonyl (C=O) groups excluding carboxylic acids is 1. The summed E-state index contributed by atoms with van der Waals surface area (Å²) in [6.45, 7) is 6.84. The summed E-state index contributed by atoms with van der Waals surface area (Å²) in [7, 11) is 1.78. The van der Waals surface area contributed by atoms with Crippen LogP contribution in [0.4, 0.5) is 0 Å². The van der Waals surface area contributed by atoms with Crippen LogP contribution in [-0.2, 0) is 22.6 Å². The average Bonchev–Trinajstić information content (AvgIpc) is 3.10. The molecule has 2 fully saturated rings. The fourth-order valence-electron chi connectivity index (χ4n) is 4.23. The van der Waals surface area contributed by atoms with Gasteiger partial charge in [0.1, 0.15) is 0 Å². The van der Waals surface area contributed by atoms with Crippen LogP contribution in [0.2, 0.25) is 0 Å². The molecule has 3 rings (SSSR count). The molecule has 0 aromatic heterocycles. The maximum atomic E-state index is 12.0. The van der Waals surface area contributed by atoms with E-state index >= 15 is 0 Å². The van der Waals surface area contributed by atoms with Crippen LogP contribution in [0, 0.1) is 5.41 Å². The number of likely N-dealkylation sites (tertiary alicyclic amines) is 1.